The van der Waals surface area contributed by atoms with Crippen molar-refractivity contribution in [3.05, 3.63) is 124 Å². The Balaban J connectivity index is 0.901. The number of carbonyl (C=O) groups is 7. The molecule has 1 saturated heterocycles. The lowest BCUT2D eigenvalue weighted by Crippen LogP contribution is -2.54. The van der Waals surface area contributed by atoms with Gasteiger partial charge in [-0.1, -0.05) is 42.5 Å². The Labute approximate surface area is 352 Å². The number of imide groups is 2. The highest BCUT2D eigenvalue weighted by Gasteiger charge is 2.44. The molecular weight excluding hydrogens is 831 g/mol. The van der Waals surface area contributed by atoms with E-state index in [-0.39, 0.29) is 61.6 Å². The summed E-state index contributed by atoms with van der Waals surface area (Å²) in [6, 6.07) is 19.2. The topological polar surface area (TPSA) is 241 Å². The molecule has 3 aromatic carbocycles. The van der Waals surface area contributed by atoms with Gasteiger partial charge in [0, 0.05) is 35.3 Å². The third kappa shape index (κ3) is 9.89. The molecule has 2 atom stereocenters. The van der Waals surface area contributed by atoms with Crippen LogP contribution in [-0.2, 0) is 35.8 Å². The number of anilines is 1. The number of benzene rings is 3. The predicted octanol–water partition coefficient (Wildman–Crippen LogP) is 2.58. The summed E-state index contributed by atoms with van der Waals surface area (Å²) >= 11 is 1.20. The van der Waals surface area contributed by atoms with Crippen LogP contribution in [0, 0.1) is 0 Å². The van der Waals surface area contributed by atoms with E-state index in [9.17, 15) is 42.0 Å². The van der Waals surface area contributed by atoms with Crippen LogP contribution in [0.5, 0.6) is 5.75 Å². The van der Waals surface area contributed by atoms with Gasteiger partial charge in [-0.05, 0) is 48.4 Å². The highest BCUT2D eigenvalue weighted by molar-refractivity contribution is 7.89. The largest absolute Gasteiger partial charge is 0.492 e. The zero-order chi connectivity index (χ0) is 43.3. The van der Waals surface area contributed by atoms with E-state index in [1.807, 2.05) is 30.3 Å². The molecule has 2 aliphatic heterocycles. The number of carbonyl (C=O) groups excluding carboxylic acids is 7. The number of rotatable bonds is 16. The van der Waals surface area contributed by atoms with Crippen molar-refractivity contribution in [2.45, 2.75) is 31.5 Å². The molecule has 7 amide bonds. The standard InChI is InChI=1S/C41H37N7O11S2/c1-61(56,57)47-17-15-27(20-47)36(51)43-31(37(52)46-41-44-32(23-60-41)25-5-3-2-4-6-25)22-58-21-24-7-9-26(10-8-24)35(50)42-16-18-59-28-11-12-29-30(19-28)40(55)48(39(29)54)33-13-14-34(49)45-38(33)53/h2-12,15,17,19-20,23,31,33H,13-14,16,18,21-22H2,1H3,(H,42,50)(H,43,51)(H,44,46,52)(H,45,49,53). The quantitative estimate of drug-likeness (QED) is 0.0827. The van der Waals surface area contributed by atoms with E-state index in [0.717, 1.165) is 26.9 Å². The van der Waals surface area contributed by atoms with Crippen molar-refractivity contribution >= 4 is 67.8 Å². The minimum Gasteiger partial charge on any atom is -0.492 e. The van der Waals surface area contributed by atoms with Gasteiger partial charge in [0.1, 0.15) is 24.4 Å². The zero-order valence-corrected chi connectivity index (χ0v) is 33.9. The average molecular weight is 868 g/mol. The van der Waals surface area contributed by atoms with E-state index >= 15 is 0 Å². The van der Waals surface area contributed by atoms with Gasteiger partial charge in [0.25, 0.3) is 29.5 Å². The second kappa shape index (κ2) is 18.1. The zero-order valence-electron chi connectivity index (χ0n) is 32.3. The minimum absolute atomic E-state index is 0.00911. The lowest BCUT2D eigenvalue weighted by Gasteiger charge is -2.27. The van der Waals surface area contributed by atoms with Crippen molar-refractivity contribution in [3.63, 3.8) is 0 Å². The minimum atomic E-state index is -3.64. The first kappa shape index (κ1) is 42.1. The van der Waals surface area contributed by atoms with Gasteiger partial charge in [-0.3, -0.25) is 47.8 Å². The molecular formula is C41H37N7O11S2. The van der Waals surface area contributed by atoms with Gasteiger partial charge < -0.3 is 25.4 Å². The Morgan fingerprint density at radius 3 is 2.41 bits per heavy atom. The fourth-order valence-electron chi connectivity index (χ4n) is 6.43. The number of hydrogen-bond acceptors (Lipinski definition) is 13. The molecule has 18 nitrogen and oxygen atoms in total. The summed E-state index contributed by atoms with van der Waals surface area (Å²) in [6.07, 6.45) is 3.40. The number of ether oxygens (including phenoxy) is 2. The Morgan fingerprint density at radius 2 is 1.69 bits per heavy atom. The molecule has 2 unspecified atom stereocenters. The van der Waals surface area contributed by atoms with Crippen LogP contribution in [0.4, 0.5) is 5.13 Å². The second-order valence-corrected chi connectivity index (χ2v) is 16.6. The third-order valence-electron chi connectivity index (χ3n) is 9.58. The van der Waals surface area contributed by atoms with Crippen molar-refractivity contribution < 1.29 is 51.5 Å². The number of piperidine rings is 1. The molecule has 0 radical (unpaired) electrons. The van der Waals surface area contributed by atoms with Crippen molar-refractivity contribution in [2.24, 2.45) is 0 Å². The summed E-state index contributed by atoms with van der Waals surface area (Å²) in [5.41, 5.74) is 2.70. The van der Waals surface area contributed by atoms with Gasteiger partial charge in [-0.25, -0.2) is 13.4 Å². The van der Waals surface area contributed by atoms with Crippen molar-refractivity contribution in [1.29, 1.82) is 0 Å². The lowest BCUT2D eigenvalue weighted by atomic mass is 10.0. The monoisotopic (exact) mass is 867 g/mol. The van der Waals surface area contributed by atoms with Gasteiger partial charge in [-0.2, -0.15) is 0 Å². The molecule has 7 rings (SSSR count). The van der Waals surface area contributed by atoms with Crippen LogP contribution in [0.3, 0.4) is 0 Å². The van der Waals surface area contributed by atoms with E-state index in [4.69, 9.17) is 9.47 Å². The molecule has 5 aromatic rings. The number of hydrogen-bond donors (Lipinski definition) is 4. The summed E-state index contributed by atoms with van der Waals surface area (Å²) < 4.78 is 36.3. The average Bonchev–Trinajstić information content (AvgIpc) is 3.99. The fourth-order valence-corrected chi connectivity index (χ4v) is 7.74. The van der Waals surface area contributed by atoms with E-state index in [2.05, 4.69) is 26.3 Å². The van der Waals surface area contributed by atoms with Crippen LogP contribution in [0.1, 0.15) is 59.8 Å². The second-order valence-electron chi connectivity index (χ2n) is 13.9. The van der Waals surface area contributed by atoms with Gasteiger partial charge in [0.15, 0.2) is 5.13 Å². The first-order valence-corrected chi connectivity index (χ1v) is 21.4. The lowest BCUT2D eigenvalue weighted by molar-refractivity contribution is -0.136. The molecule has 4 heterocycles. The molecule has 0 spiro atoms. The molecule has 0 saturated carbocycles. The molecule has 314 valence electrons. The number of nitrogens with zero attached hydrogens (tertiary/aromatic N) is 3. The van der Waals surface area contributed by atoms with Gasteiger partial charge >= 0.3 is 0 Å². The third-order valence-corrected chi connectivity index (χ3v) is 11.3. The molecule has 20 heteroatoms. The van der Waals surface area contributed by atoms with Crippen molar-refractivity contribution in [3.8, 4) is 17.0 Å². The van der Waals surface area contributed by atoms with Crippen LogP contribution in [-0.4, -0.2) is 102 Å². The highest BCUT2D eigenvalue weighted by atomic mass is 32.2. The summed E-state index contributed by atoms with van der Waals surface area (Å²) in [5.74, 6) is -3.90. The molecule has 1 fully saturated rings. The van der Waals surface area contributed by atoms with Crippen LogP contribution in [0.15, 0.2) is 96.6 Å². The maximum Gasteiger partial charge on any atom is 0.262 e. The smallest absolute Gasteiger partial charge is 0.262 e. The number of amides is 7. The summed E-state index contributed by atoms with van der Waals surface area (Å²) in [7, 11) is -3.64. The Bertz CT molecular complexity index is 2640. The van der Waals surface area contributed by atoms with Crippen LogP contribution in [0.2, 0.25) is 0 Å². The summed E-state index contributed by atoms with van der Waals surface area (Å²) in [5, 5.41) is 12.3. The normalized spacial score (nSPS) is 15.5. The van der Waals surface area contributed by atoms with Crippen LogP contribution < -0.4 is 26.0 Å². The Morgan fingerprint density at radius 1 is 0.934 bits per heavy atom. The maximum atomic E-state index is 13.5. The summed E-state index contributed by atoms with van der Waals surface area (Å²) in [6.45, 7) is -0.133. The van der Waals surface area contributed by atoms with Gasteiger partial charge in [0.05, 0.1) is 48.4 Å². The molecule has 2 aromatic heterocycles. The number of thiazole rings is 1. The van der Waals surface area contributed by atoms with E-state index in [1.54, 1.807) is 29.6 Å². The number of nitrogens with one attached hydrogen (secondary N) is 4. The fraction of sp³-hybridized carbons (Fsp3) is 0.220. The molecule has 4 N–H and O–H groups in total. The number of fused-ring (bicyclic) bond motifs is 1. The van der Waals surface area contributed by atoms with Gasteiger partial charge in [-0.15, -0.1) is 11.3 Å². The van der Waals surface area contributed by atoms with Crippen LogP contribution in [0.25, 0.3) is 11.3 Å². The Hall–Kier alpha value is -7.03. The molecule has 61 heavy (non-hydrogen) atoms. The first-order valence-electron chi connectivity index (χ1n) is 18.7. The Kier molecular flexibility index (Phi) is 12.5. The van der Waals surface area contributed by atoms with Crippen LogP contribution >= 0.6 is 11.3 Å². The molecule has 0 aliphatic carbocycles. The number of aromatic nitrogens is 2. The van der Waals surface area contributed by atoms with Crippen molar-refractivity contribution in [1.82, 2.24) is 29.8 Å². The van der Waals surface area contributed by atoms with E-state index in [0.29, 0.717) is 22.0 Å². The molecule has 2 aliphatic rings. The van der Waals surface area contributed by atoms with Crippen molar-refractivity contribution in [2.75, 3.05) is 31.3 Å². The van der Waals surface area contributed by atoms with E-state index < -0.39 is 63.5 Å². The molecule has 0 bridgehead atoms. The SMILES string of the molecule is CS(=O)(=O)n1ccc(C(=O)NC(COCc2ccc(C(=O)NCCOc3ccc4c(c3)C(=O)N(C3CCC(=O)NC3=O)C4=O)cc2)C(=O)Nc2nc(-c3ccccc3)cs2)c1. The first-order chi connectivity index (χ1) is 29.2. The highest BCUT2D eigenvalue weighted by Crippen LogP contribution is 2.30. The van der Waals surface area contributed by atoms with Gasteiger partial charge in [0.2, 0.25) is 21.8 Å². The van der Waals surface area contributed by atoms with E-state index in [1.165, 1.54) is 41.8 Å². The maximum absolute atomic E-state index is 13.5. The summed E-state index contributed by atoms with van der Waals surface area (Å²) in [4.78, 5) is 94.7. The predicted molar refractivity (Wildman–Crippen MR) is 219 cm³/mol.